The van der Waals surface area contributed by atoms with Gasteiger partial charge in [0.1, 0.15) is 0 Å². The van der Waals surface area contributed by atoms with Crippen LogP contribution < -0.4 is 5.11 Å². The van der Waals surface area contributed by atoms with Gasteiger partial charge in [-0.25, -0.2) is 0 Å². The highest BCUT2D eigenvalue weighted by Gasteiger charge is 2.10. The second-order valence-corrected chi connectivity index (χ2v) is 5.10. The summed E-state index contributed by atoms with van der Waals surface area (Å²) in [7, 11) is 0. The number of hydrogen-bond donors (Lipinski definition) is 1. The number of carbonyl (C=O) groups is 1. The first-order valence-electron chi connectivity index (χ1n) is 5.98. The summed E-state index contributed by atoms with van der Waals surface area (Å²) < 4.78 is 0. The molecule has 19 heavy (non-hydrogen) atoms. The Balaban J connectivity index is 2.24. The van der Waals surface area contributed by atoms with Crippen molar-refractivity contribution in [1.82, 2.24) is 4.98 Å². The largest absolute Gasteiger partial charge is 0.550 e. The molecule has 0 unspecified atom stereocenters. The predicted octanol–water partition coefficient (Wildman–Crippen LogP) is 2.83. The summed E-state index contributed by atoms with van der Waals surface area (Å²) >= 11 is 6.00. The van der Waals surface area contributed by atoms with E-state index in [2.05, 4.69) is 4.98 Å². The number of fused-ring (bicyclic) bond motifs is 3. The first-order chi connectivity index (χ1) is 9.06. The Bertz CT molecular complexity index is 791. The molecule has 0 saturated carbocycles. The summed E-state index contributed by atoms with van der Waals surface area (Å²) in [5, 5.41) is 13.7. The minimum Gasteiger partial charge on any atom is -0.550 e. The molecule has 3 rings (SSSR count). The van der Waals surface area contributed by atoms with Gasteiger partial charge in [0.15, 0.2) is 0 Å². The summed E-state index contributed by atoms with van der Waals surface area (Å²) in [6.45, 7) is 1.62. The highest BCUT2D eigenvalue weighted by molar-refractivity contribution is 6.31. The van der Waals surface area contributed by atoms with E-state index in [0.717, 1.165) is 27.4 Å². The topological polar surface area (TPSA) is 55.9 Å². The molecule has 0 aliphatic rings. The molecule has 0 aliphatic heterocycles. The number of carboxylic acid groups (broad SMARTS) is 1. The maximum Gasteiger partial charge on any atom is 0.0486 e. The van der Waals surface area contributed by atoms with Crippen molar-refractivity contribution in [1.29, 1.82) is 0 Å². The fraction of sp³-hybridized carbons (Fsp3) is 0.133. The van der Waals surface area contributed by atoms with Gasteiger partial charge in [0, 0.05) is 38.7 Å². The number of aliphatic carboxylic acids is 1. The number of rotatable bonds is 2. The normalized spacial score (nSPS) is 12.9. The molecule has 0 saturated heterocycles. The average Bonchev–Trinajstić information content (AvgIpc) is 2.74. The predicted molar refractivity (Wildman–Crippen MR) is 74.2 cm³/mol. The van der Waals surface area contributed by atoms with Gasteiger partial charge < -0.3 is 14.9 Å². The molecular formula is C15H11ClNO2-. The second kappa shape index (κ2) is 4.28. The van der Waals surface area contributed by atoms with Gasteiger partial charge in [-0.15, -0.1) is 0 Å². The summed E-state index contributed by atoms with van der Waals surface area (Å²) in [6.07, 6.45) is 0. The maximum atomic E-state index is 10.9. The van der Waals surface area contributed by atoms with Crippen molar-refractivity contribution in [3.8, 4) is 0 Å². The van der Waals surface area contributed by atoms with Crippen LogP contribution in [0.1, 0.15) is 18.4 Å². The van der Waals surface area contributed by atoms with Gasteiger partial charge in [0.05, 0.1) is 0 Å². The third kappa shape index (κ3) is 1.96. The number of hydrogen-bond acceptors (Lipinski definition) is 2. The zero-order valence-corrected chi connectivity index (χ0v) is 11.0. The van der Waals surface area contributed by atoms with Crippen molar-refractivity contribution in [3.05, 3.63) is 47.0 Å². The van der Waals surface area contributed by atoms with E-state index >= 15 is 0 Å². The molecule has 1 aromatic heterocycles. The number of halogens is 1. The van der Waals surface area contributed by atoms with Crippen LogP contribution in [-0.2, 0) is 4.79 Å². The van der Waals surface area contributed by atoms with E-state index in [1.54, 1.807) is 6.92 Å². The Morgan fingerprint density at radius 1 is 1.16 bits per heavy atom. The molecule has 1 atom stereocenters. The lowest BCUT2D eigenvalue weighted by Crippen LogP contribution is -2.27. The number of benzene rings is 2. The van der Waals surface area contributed by atoms with E-state index in [1.807, 2.05) is 36.4 Å². The molecule has 4 heteroatoms. The number of nitrogens with one attached hydrogen (secondary N) is 1. The van der Waals surface area contributed by atoms with Crippen molar-refractivity contribution in [2.24, 2.45) is 0 Å². The quantitative estimate of drug-likeness (QED) is 0.780. The molecule has 1 N–H and O–H groups in total. The molecule has 0 fully saturated rings. The molecule has 0 bridgehead atoms. The zero-order chi connectivity index (χ0) is 13.6. The number of aromatic amines is 1. The van der Waals surface area contributed by atoms with Crippen LogP contribution in [0, 0.1) is 0 Å². The number of carbonyl (C=O) groups excluding carboxylic acids is 1. The fourth-order valence-corrected chi connectivity index (χ4v) is 2.47. The summed E-state index contributed by atoms with van der Waals surface area (Å²) in [5.41, 5.74) is 2.62. The van der Waals surface area contributed by atoms with Gasteiger partial charge in [0.25, 0.3) is 0 Å². The van der Waals surface area contributed by atoms with Gasteiger partial charge in [-0.2, -0.15) is 0 Å². The van der Waals surface area contributed by atoms with Crippen molar-refractivity contribution >= 4 is 39.4 Å². The number of carboxylic acids is 1. The molecule has 1 heterocycles. The Hall–Kier alpha value is -2.00. The van der Waals surface area contributed by atoms with E-state index < -0.39 is 11.9 Å². The smallest absolute Gasteiger partial charge is 0.0486 e. The van der Waals surface area contributed by atoms with Crippen LogP contribution in [0.2, 0.25) is 5.02 Å². The SMILES string of the molecule is C[C@H](C(=O)[O-])c1ccc2c(c1)[nH]c1ccc(Cl)cc12. The lowest BCUT2D eigenvalue weighted by molar-refractivity contribution is -0.307. The second-order valence-electron chi connectivity index (χ2n) is 4.66. The third-order valence-corrected chi connectivity index (χ3v) is 3.67. The van der Waals surface area contributed by atoms with Crippen molar-refractivity contribution in [2.45, 2.75) is 12.8 Å². The Labute approximate surface area is 114 Å². The summed E-state index contributed by atoms with van der Waals surface area (Å²) in [4.78, 5) is 14.2. The molecule has 0 spiro atoms. The summed E-state index contributed by atoms with van der Waals surface area (Å²) in [6, 6.07) is 11.2. The third-order valence-electron chi connectivity index (χ3n) is 3.44. The Kier molecular flexibility index (Phi) is 2.72. The van der Waals surface area contributed by atoms with Crippen LogP contribution >= 0.6 is 11.6 Å². The highest BCUT2D eigenvalue weighted by atomic mass is 35.5. The highest BCUT2D eigenvalue weighted by Crippen LogP contribution is 2.29. The Morgan fingerprint density at radius 3 is 2.68 bits per heavy atom. The molecule has 96 valence electrons. The molecule has 0 radical (unpaired) electrons. The van der Waals surface area contributed by atoms with Gasteiger partial charge in [0.2, 0.25) is 0 Å². The molecule has 0 aliphatic carbocycles. The lowest BCUT2D eigenvalue weighted by Gasteiger charge is -2.12. The van der Waals surface area contributed by atoms with Gasteiger partial charge in [-0.1, -0.05) is 30.7 Å². The molecule has 3 aromatic rings. The van der Waals surface area contributed by atoms with E-state index in [9.17, 15) is 9.90 Å². The van der Waals surface area contributed by atoms with Crippen molar-refractivity contribution in [3.63, 3.8) is 0 Å². The molecule has 2 aromatic carbocycles. The van der Waals surface area contributed by atoms with Crippen LogP contribution in [-0.4, -0.2) is 11.0 Å². The van der Waals surface area contributed by atoms with Crippen molar-refractivity contribution < 1.29 is 9.90 Å². The average molecular weight is 273 g/mol. The minimum absolute atomic E-state index is 0.626. The van der Waals surface area contributed by atoms with Gasteiger partial charge in [-0.3, -0.25) is 0 Å². The zero-order valence-electron chi connectivity index (χ0n) is 10.2. The van der Waals surface area contributed by atoms with Crippen LogP contribution in [0.15, 0.2) is 36.4 Å². The minimum atomic E-state index is -1.07. The van der Waals surface area contributed by atoms with Gasteiger partial charge in [-0.05, 0) is 29.8 Å². The van der Waals surface area contributed by atoms with Crippen LogP contribution in [0.3, 0.4) is 0 Å². The molecular weight excluding hydrogens is 262 g/mol. The van der Waals surface area contributed by atoms with E-state index in [1.165, 1.54) is 0 Å². The van der Waals surface area contributed by atoms with Crippen molar-refractivity contribution in [2.75, 3.05) is 0 Å². The fourth-order valence-electron chi connectivity index (χ4n) is 2.30. The first kappa shape index (κ1) is 12.1. The van der Waals surface area contributed by atoms with E-state index in [-0.39, 0.29) is 0 Å². The molecule has 3 nitrogen and oxygen atoms in total. The van der Waals surface area contributed by atoms with Crippen LogP contribution in [0.25, 0.3) is 21.8 Å². The standard InChI is InChI=1S/C15H12ClNO2/c1-8(15(18)19)9-2-4-11-12-7-10(16)3-5-13(12)17-14(11)6-9/h2-8,17H,1H3,(H,18,19)/p-1/t8-/m0/s1. The monoisotopic (exact) mass is 272 g/mol. The molecule has 0 amide bonds. The number of H-pyrrole nitrogens is 1. The first-order valence-corrected chi connectivity index (χ1v) is 6.36. The Morgan fingerprint density at radius 2 is 1.95 bits per heavy atom. The van der Waals surface area contributed by atoms with E-state index in [0.29, 0.717) is 5.02 Å². The lowest BCUT2D eigenvalue weighted by atomic mass is 10.00. The van der Waals surface area contributed by atoms with Crippen LogP contribution in [0.5, 0.6) is 0 Å². The van der Waals surface area contributed by atoms with Gasteiger partial charge >= 0.3 is 0 Å². The maximum absolute atomic E-state index is 10.9. The van der Waals surface area contributed by atoms with Crippen LogP contribution in [0.4, 0.5) is 0 Å². The van der Waals surface area contributed by atoms with E-state index in [4.69, 9.17) is 11.6 Å². The summed E-state index contributed by atoms with van der Waals surface area (Å²) in [5.74, 6) is -1.70. The number of aromatic nitrogens is 1.